The molecule has 2 heteroatoms. The minimum absolute atomic E-state index is 0.0591. The fourth-order valence-electron chi connectivity index (χ4n) is 2.12. The molecule has 0 amide bonds. The van der Waals surface area contributed by atoms with Gasteiger partial charge in [0.05, 0.1) is 0 Å². The van der Waals surface area contributed by atoms with Crippen molar-refractivity contribution in [2.24, 2.45) is 0 Å². The molecule has 0 fully saturated rings. The predicted molar refractivity (Wildman–Crippen MR) is 70.7 cm³/mol. The van der Waals surface area contributed by atoms with E-state index in [-0.39, 0.29) is 5.78 Å². The van der Waals surface area contributed by atoms with Crippen molar-refractivity contribution >= 4 is 5.78 Å². The van der Waals surface area contributed by atoms with E-state index in [2.05, 4.69) is 20.1 Å². The topological polar surface area (TPSA) is 26.3 Å². The number of ketones is 1. The summed E-state index contributed by atoms with van der Waals surface area (Å²) in [6, 6.07) is 0. The van der Waals surface area contributed by atoms with Crippen LogP contribution in [0.15, 0.2) is 37.1 Å². The quantitative estimate of drug-likeness (QED) is 0.469. The van der Waals surface area contributed by atoms with Crippen LogP contribution in [0.25, 0.3) is 0 Å². The van der Waals surface area contributed by atoms with Crippen molar-refractivity contribution in [3.8, 4) is 0 Å². The number of carbonyl (C=O) groups excluding carboxylic acids is 1. The van der Waals surface area contributed by atoms with Crippen molar-refractivity contribution in [3.63, 3.8) is 0 Å². The first-order valence-corrected chi connectivity index (χ1v) is 6.34. The molecule has 2 nitrogen and oxygen atoms in total. The number of hydrogen-bond acceptors (Lipinski definition) is 2. The lowest BCUT2D eigenvalue weighted by Crippen LogP contribution is -2.35. The van der Waals surface area contributed by atoms with Crippen LogP contribution in [0.2, 0.25) is 0 Å². The largest absolute Gasteiger partial charge is 0.483 e. The van der Waals surface area contributed by atoms with Crippen LogP contribution >= 0.6 is 0 Å². The lowest BCUT2D eigenvalue weighted by molar-refractivity contribution is -0.129. The summed E-state index contributed by atoms with van der Waals surface area (Å²) in [6.45, 7) is 9.55. The zero-order valence-electron chi connectivity index (χ0n) is 10.7. The van der Waals surface area contributed by atoms with Gasteiger partial charge in [0, 0.05) is 25.3 Å². The number of rotatable bonds is 8. The van der Waals surface area contributed by atoms with Gasteiger partial charge in [-0.3, -0.25) is 4.79 Å². The molecule has 0 aromatic rings. The van der Waals surface area contributed by atoms with Gasteiger partial charge in [0.25, 0.3) is 0 Å². The number of unbranched alkanes of at least 4 members (excludes halogenated alkanes) is 2. The van der Waals surface area contributed by atoms with Crippen LogP contribution in [0.1, 0.15) is 45.4 Å². The average Bonchev–Trinajstić information content (AvgIpc) is 2.57. The Morgan fingerprint density at radius 1 is 1.29 bits per heavy atom. The standard InChI is InChI=1S/C15H22O2/c1-4-7-8-9-13-12-14(16)15(17-13,10-5-2)11-6-3/h5-6,12H,2-4,7-11H2,1H3. The third kappa shape index (κ3) is 3.32. The Morgan fingerprint density at radius 2 is 1.94 bits per heavy atom. The maximum atomic E-state index is 12.0. The van der Waals surface area contributed by atoms with Gasteiger partial charge in [-0.05, 0) is 6.42 Å². The first-order chi connectivity index (χ1) is 8.18. The summed E-state index contributed by atoms with van der Waals surface area (Å²) in [4.78, 5) is 12.0. The van der Waals surface area contributed by atoms with Gasteiger partial charge in [0.2, 0.25) is 5.78 Å². The molecule has 0 saturated heterocycles. The van der Waals surface area contributed by atoms with E-state index in [4.69, 9.17) is 4.74 Å². The van der Waals surface area contributed by atoms with Crippen LogP contribution < -0.4 is 0 Å². The molecule has 1 aliphatic rings. The van der Waals surface area contributed by atoms with Crippen LogP contribution in [0.5, 0.6) is 0 Å². The van der Waals surface area contributed by atoms with Crippen LogP contribution in [0.3, 0.4) is 0 Å². The van der Waals surface area contributed by atoms with Gasteiger partial charge < -0.3 is 4.74 Å². The van der Waals surface area contributed by atoms with E-state index in [0.29, 0.717) is 12.8 Å². The normalized spacial score (nSPS) is 17.5. The van der Waals surface area contributed by atoms with E-state index >= 15 is 0 Å². The van der Waals surface area contributed by atoms with Crippen LogP contribution in [-0.2, 0) is 9.53 Å². The minimum atomic E-state index is -0.745. The van der Waals surface area contributed by atoms with Crippen LogP contribution in [-0.4, -0.2) is 11.4 Å². The van der Waals surface area contributed by atoms with Crippen molar-refractivity contribution < 1.29 is 9.53 Å². The van der Waals surface area contributed by atoms with E-state index in [1.54, 1.807) is 18.2 Å². The summed E-state index contributed by atoms with van der Waals surface area (Å²) in [7, 11) is 0. The second-order valence-corrected chi connectivity index (χ2v) is 4.51. The highest BCUT2D eigenvalue weighted by Crippen LogP contribution is 2.34. The summed E-state index contributed by atoms with van der Waals surface area (Å²) in [6.07, 6.45) is 10.5. The molecule has 0 radical (unpaired) electrons. The molecule has 0 atom stereocenters. The lowest BCUT2D eigenvalue weighted by atomic mass is 9.91. The summed E-state index contributed by atoms with van der Waals surface area (Å²) in [5.74, 6) is 0.885. The Labute approximate surface area is 104 Å². The molecule has 17 heavy (non-hydrogen) atoms. The van der Waals surface area contributed by atoms with Crippen LogP contribution in [0, 0.1) is 0 Å². The summed E-state index contributed by atoms with van der Waals surface area (Å²) in [5, 5.41) is 0. The van der Waals surface area contributed by atoms with E-state index in [1.807, 2.05) is 0 Å². The van der Waals surface area contributed by atoms with Crippen molar-refractivity contribution in [1.29, 1.82) is 0 Å². The lowest BCUT2D eigenvalue weighted by Gasteiger charge is -2.26. The number of ether oxygens (including phenoxy) is 1. The first kappa shape index (κ1) is 13.8. The highest BCUT2D eigenvalue weighted by molar-refractivity contribution is 5.99. The molecule has 0 aromatic carbocycles. The van der Waals surface area contributed by atoms with Gasteiger partial charge >= 0.3 is 0 Å². The molecule has 1 rings (SSSR count). The van der Waals surface area contributed by atoms with Gasteiger partial charge in [-0.2, -0.15) is 0 Å². The monoisotopic (exact) mass is 234 g/mol. The average molecular weight is 234 g/mol. The van der Waals surface area contributed by atoms with Crippen LogP contribution in [0.4, 0.5) is 0 Å². The van der Waals surface area contributed by atoms with Gasteiger partial charge in [-0.15, -0.1) is 13.2 Å². The Balaban J connectivity index is 2.64. The molecule has 0 aliphatic carbocycles. The highest BCUT2D eigenvalue weighted by atomic mass is 16.5. The predicted octanol–water partition coefficient (Wildman–Crippen LogP) is 3.94. The Morgan fingerprint density at radius 3 is 2.47 bits per heavy atom. The highest BCUT2D eigenvalue weighted by Gasteiger charge is 2.42. The summed E-state index contributed by atoms with van der Waals surface area (Å²) >= 11 is 0. The molecule has 94 valence electrons. The molecular formula is C15H22O2. The van der Waals surface area contributed by atoms with Gasteiger partial charge in [0.15, 0.2) is 5.60 Å². The van der Waals surface area contributed by atoms with Crippen molar-refractivity contribution in [2.45, 2.75) is 51.0 Å². The molecule has 1 heterocycles. The fourth-order valence-corrected chi connectivity index (χ4v) is 2.12. The van der Waals surface area contributed by atoms with Crippen molar-refractivity contribution in [1.82, 2.24) is 0 Å². The zero-order valence-corrected chi connectivity index (χ0v) is 10.7. The number of allylic oxidation sites excluding steroid dienone is 1. The molecule has 0 bridgehead atoms. The van der Waals surface area contributed by atoms with E-state index in [0.717, 1.165) is 18.6 Å². The number of carbonyl (C=O) groups is 1. The fraction of sp³-hybridized carbons (Fsp3) is 0.533. The third-order valence-corrected chi connectivity index (χ3v) is 3.04. The third-order valence-electron chi connectivity index (χ3n) is 3.04. The molecule has 0 aromatic heterocycles. The van der Waals surface area contributed by atoms with Crippen molar-refractivity contribution in [3.05, 3.63) is 37.1 Å². The van der Waals surface area contributed by atoms with E-state index < -0.39 is 5.60 Å². The summed E-state index contributed by atoms with van der Waals surface area (Å²) < 4.78 is 5.86. The zero-order chi connectivity index (χ0) is 12.7. The van der Waals surface area contributed by atoms with E-state index in [9.17, 15) is 4.79 Å². The second kappa shape index (κ2) is 6.43. The minimum Gasteiger partial charge on any atom is -0.483 e. The Kier molecular flexibility index (Phi) is 5.20. The molecule has 0 saturated carbocycles. The molecular weight excluding hydrogens is 212 g/mol. The smallest absolute Gasteiger partial charge is 0.203 e. The molecule has 1 aliphatic heterocycles. The van der Waals surface area contributed by atoms with Gasteiger partial charge in [0.1, 0.15) is 5.76 Å². The van der Waals surface area contributed by atoms with Gasteiger partial charge in [-0.25, -0.2) is 0 Å². The SMILES string of the molecule is C=CCC1(CC=C)OC(CCCCC)=CC1=O. The van der Waals surface area contributed by atoms with Crippen molar-refractivity contribution in [2.75, 3.05) is 0 Å². The Bertz CT molecular complexity index is 316. The first-order valence-electron chi connectivity index (χ1n) is 6.34. The Hall–Kier alpha value is -1.31. The second-order valence-electron chi connectivity index (χ2n) is 4.51. The molecule has 0 N–H and O–H groups in total. The molecule has 0 unspecified atom stereocenters. The number of hydrogen-bond donors (Lipinski definition) is 0. The summed E-state index contributed by atoms with van der Waals surface area (Å²) in [5.41, 5.74) is -0.745. The maximum Gasteiger partial charge on any atom is 0.203 e. The maximum absolute atomic E-state index is 12.0. The van der Waals surface area contributed by atoms with E-state index in [1.165, 1.54) is 12.8 Å². The molecule has 0 spiro atoms. The van der Waals surface area contributed by atoms with Gasteiger partial charge in [-0.1, -0.05) is 31.9 Å².